The average molecular weight is 234 g/mol. The standard InChI is InChI=1S/C15H22O2/c1-11(16)12-8-7-9-13(10-12)17-15(5,6)14(2,3)4/h7-10H,1-6H3. The summed E-state index contributed by atoms with van der Waals surface area (Å²) in [5.41, 5.74) is 0.425. The van der Waals surface area contributed by atoms with Crippen LogP contribution >= 0.6 is 0 Å². The topological polar surface area (TPSA) is 26.3 Å². The molecule has 0 atom stereocenters. The minimum atomic E-state index is -0.289. The second-order valence-electron chi connectivity index (χ2n) is 5.95. The molecule has 0 bridgehead atoms. The lowest BCUT2D eigenvalue weighted by atomic mass is 9.79. The summed E-state index contributed by atoms with van der Waals surface area (Å²) in [5, 5.41) is 0. The molecule has 2 heteroatoms. The lowest BCUT2D eigenvalue weighted by molar-refractivity contribution is 0.000759. The summed E-state index contributed by atoms with van der Waals surface area (Å²) in [7, 11) is 0. The molecule has 0 aliphatic heterocycles. The Kier molecular flexibility index (Phi) is 3.65. The molecular formula is C15H22O2. The second-order valence-corrected chi connectivity index (χ2v) is 5.95. The molecule has 1 rings (SSSR count). The van der Waals surface area contributed by atoms with E-state index in [1.165, 1.54) is 0 Å². The largest absolute Gasteiger partial charge is 0.487 e. The van der Waals surface area contributed by atoms with Gasteiger partial charge in [0.2, 0.25) is 0 Å². The third-order valence-corrected chi connectivity index (χ3v) is 3.42. The molecular weight excluding hydrogens is 212 g/mol. The summed E-state index contributed by atoms with van der Waals surface area (Å²) in [5.74, 6) is 0.807. The number of hydrogen-bond donors (Lipinski definition) is 0. The van der Waals surface area contributed by atoms with E-state index in [-0.39, 0.29) is 16.8 Å². The van der Waals surface area contributed by atoms with Crippen LogP contribution in [0, 0.1) is 5.41 Å². The van der Waals surface area contributed by atoms with Gasteiger partial charge in [-0.15, -0.1) is 0 Å². The Morgan fingerprint density at radius 2 is 1.71 bits per heavy atom. The Hall–Kier alpha value is -1.31. The van der Waals surface area contributed by atoms with Crippen LogP contribution in [-0.4, -0.2) is 11.4 Å². The van der Waals surface area contributed by atoms with E-state index in [0.29, 0.717) is 5.56 Å². The summed E-state index contributed by atoms with van der Waals surface area (Å²) in [6, 6.07) is 7.35. The molecule has 0 aromatic heterocycles. The van der Waals surface area contributed by atoms with Gasteiger partial charge in [-0.2, -0.15) is 0 Å². The number of benzene rings is 1. The van der Waals surface area contributed by atoms with Crippen molar-refractivity contribution in [3.05, 3.63) is 29.8 Å². The van der Waals surface area contributed by atoms with Gasteiger partial charge in [0.05, 0.1) is 0 Å². The molecule has 0 saturated heterocycles. The van der Waals surface area contributed by atoms with Gasteiger partial charge in [-0.3, -0.25) is 4.79 Å². The lowest BCUT2D eigenvalue weighted by Crippen LogP contribution is -2.42. The number of rotatable bonds is 3. The minimum absolute atomic E-state index is 0.0270. The van der Waals surface area contributed by atoms with E-state index in [4.69, 9.17) is 4.74 Å². The molecule has 0 N–H and O–H groups in total. The maximum Gasteiger partial charge on any atom is 0.159 e. The minimum Gasteiger partial charge on any atom is -0.487 e. The molecule has 0 amide bonds. The van der Waals surface area contributed by atoms with Crippen molar-refractivity contribution in [1.82, 2.24) is 0 Å². The average Bonchev–Trinajstić information content (AvgIpc) is 2.15. The first-order valence-corrected chi connectivity index (χ1v) is 5.93. The van der Waals surface area contributed by atoms with Gasteiger partial charge in [0.25, 0.3) is 0 Å². The summed E-state index contributed by atoms with van der Waals surface area (Å²) < 4.78 is 6.00. The van der Waals surface area contributed by atoms with Gasteiger partial charge in [0.1, 0.15) is 11.4 Å². The molecule has 1 aromatic rings. The van der Waals surface area contributed by atoms with Crippen LogP contribution in [0.3, 0.4) is 0 Å². The van der Waals surface area contributed by atoms with Gasteiger partial charge in [-0.1, -0.05) is 32.9 Å². The van der Waals surface area contributed by atoms with Gasteiger partial charge in [-0.25, -0.2) is 0 Å². The Morgan fingerprint density at radius 3 is 2.18 bits per heavy atom. The van der Waals surface area contributed by atoms with Crippen LogP contribution in [0.4, 0.5) is 0 Å². The maximum absolute atomic E-state index is 11.3. The molecule has 1 aromatic carbocycles. The Bertz CT molecular complexity index is 411. The molecule has 2 nitrogen and oxygen atoms in total. The zero-order valence-corrected chi connectivity index (χ0v) is 11.6. The summed E-state index contributed by atoms with van der Waals surface area (Å²) in [6.45, 7) is 12.1. The van der Waals surface area contributed by atoms with Crippen LogP contribution in [0.1, 0.15) is 51.9 Å². The third kappa shape index (κ3) is 3.32. The molecule has 0 radical (unpaired) electrons. The number of hydrogen-bond acceptors (Lipinski definition) is 2. The number of carbonyl (C=O) groups excluding carboxylic acids is 1. The number of ketones is 1. The summed E-state index contributed by atoms with van der Waals surface area (Å²) in [6.07, 6.45) is 0. The summed E-state index contributed by atoms with van der Waals surface area (Å²) in [4.78, 5) is 11.3. The normalized spacial score (nSPS) is 12.4. The highest BCUT2D eigenvalue weighted by molar-refractivity contribution is 5.94. The van der Waals surface area contributed by atoms with Crippen LogP contribution in [0.5, 0.6) is 5.75 Å². The van der Waals surface area contributed by atoms with Crippen molar-refractivity contribution in [3.8, 4) is 5.75 Å². The summed E-state index contributed by atoms with van der Waals surface area (Å²) >= 11 is 0. The van der Waals surface area contributed by atoms with E-state index in [9.17, 15) is 4.79 Å². The fourth-order valence-corrected chi connectivity index (χ4v) is 1.23. The SMILES string of the molecule is CC(=O)c1cccc(OC(C)(C)C(C)(C)C)c1. The fourth-order valence-electron chi connectivity index (χ4n) is 1.23. The van der Waals surface area contributed by atoms with Crippen molar-refractivity contribution in [2.24, 2.45) is 5.41 Å². The predicted molar refractivity (Wildman–Crippen MR) is 70.6 cm³/mol. The lowest BCUT2D eigenvalue weighted by Gasteiger charge is -2.39. The fraction of sp³-hybridized carbons (Fsp3) is 0.533. The van der Waals surface area contributed by atoms with Crippen LogP contribution in [-0.2, 0) is 0 Å². The van der Waals surface area contributed by atoms with Crippen LogP contribution < -0.4 is 4.74 Å². The molecule has 0 heterocycles. The van der Waals surface area contributed by atoms with Crippen LogP contribution in [0.2, 0.25) is 0 Å². The van der Waals surface area contributed by atoms with E-state index in [1.54, 1.807) is 19.1 Å². The first-order valence-electron chi connectivity index (χ1n) is 5.93. The quantitative estimate of drug-likeness (QED) is 0.736. The van der Waals surface area contributed by atoms with Crippen molar-refractivity contribution in [1.29, 1.82) is 0 Å². The predicted octanol–water partition coefficient (Wildman–Crippen LogP) is 4.09. The van der Waals surface area contributed by atoms with Gasteiger partial charge in [-0.05, 0) is 32.9 Å². The van der Waals surface area contributed by atoms with Crippen LogP contribution in [0.25, 0.3) is 0 Å². The third-order valence-electron chi connectivity index (χ3n) is 3.42. The van der Waals surface area contributed by atoms with Gasteiger partial charge in [0, 0.05) is 11.0 Å². The Labute approximate surface area is 104 Å². The van der Waals surface area contributed by atoms with Gasteiger partial charge >= 0.3 is 0 Å². The molecule has 0 unspecified atom stereocenters. The van der Waals surface area contributed by atoms with E-state index in [1.807, 2.05) is 12.1 Å². The van der Waals surface area contributed by atoms with E-state index in [0.717, 1.165) is 5.75 Å². The molecule has 0 aliphatic carbocycles. The molecule has 0 spiro atoms. The van der Waals surface area contributed by atoms with Gasteiger partial charge < -0.3 is 4.74 Å². The molecule has 17 heavy (non-hydrogen) atoms. The molecule has 0 aliphatic rings. The number of ether oxygens (including phenoxy) is 1. The molecule has 94 valence electrons. The van der Waals surface area contributed by atoms with E-state index >= 15 is 0 Å². The smallest absolute Gasteiger partial charge is 0.159 e. The van der Waals surface area contributed by atoms with Gasteiger partial charge in [0.15, 0.2) is 5.78 Å². The zero-order valence-electron chi connectivity index (χ0n) is 11.6. The molecule has 0 fully saturated rings. The van der Waals surface area contributed by atoms with Crippen molar-refractivity contribution in [2.45, 2.75) is 47.1 Å². The monoisotopic (exact) mass is 234 g/mol. The Balaban J connectivity index is 2.96. The first kappa shape index (κ1) is 13.8. The maximum atomic E-state index is 11.3. The van der Waals surface area contributed by atoms with E-state index in [2.05, 4.69) is 34.6 Å². The van der Waals surface area contributed by atoms with E-state index < -0.39 is 0 Å². The zero-order chi connectivity index (χ0) is 13.3. The molecule has 0 saturated carbocycles. The van der Waals surface area contributed by atoms with Crippen LogP contribution in [0.15, 0.2) is 24.3 Å². The number of Topliss-reactive ketones (excluding diaryl/α,β-unsaturated/α-hetero) is 1. The van der Waals surface area contributed by atoms with Crippen molar-refractivity contribution >= 4 is 5.78 Å². The first-order chi connectivity index (χ1) is 7.63. The number of carbonyl (C=O) groups is 1. The van der Waals surface area contributed by atoms with Crippen molar-refractivity contribution in [2.75, 3.05) is 0 Å². The van der Waals surface area contributed by atoms with Crippen molar-refractivity contribution in [3.63, 3.8) is 0 Å². The highest BCUT2D eigenvalue weighted by atomic mass is 16.5. The Morgan fingerprint density at radius 1 is 1.12 bits per heavy atom. The highest BCUT2D eigenvalue weighted by Gasteiger charge is 2.34. The van der Waals surface area contributed by atoms with Crippen molar-refractivity contribution < 1.29 is 9.53 Å². The highest BCUT2D eigenvalue weighted by Crippen LogP contribution is 2.34. The second kappa shape index (κ2) is 4.52.